The maximum atomic E-state index is 11.6. The highest BCUT2D eigenvalue weighted by molar-refractivity contribution is 5.94. The van der Waals surface area contributed by atoms with Crippen LogP contribution in [0, 0.1) is 17.8 Å². The Balaban J connectivity index is 1.58. The molecule has 5 heteroatoms. The molecule has 110 valence electrons. The molecule has 5 nitrogen and oxygen atoms in total. The predicted octanol–water partition coefficient (Wildman–Crippen LogP) is 1.75. The van der Waals surface area contributed by atoms with Crippen LogP contribution in [0.3, 0.4) is 0 Å². The van der Waals surface area contributed by atoms with Gasteiger partial charge in [-0.3, -0.25) is 15.1 Å². The molecule has 2 aliphatic rings. The molecule has 20 heavy (non-hydrogen) atoms. The van der Waals surface area contributed by atoms with Crippen LogP contribution in [0.25, 0.3) is 0 Å². The van der Waals surface area contributed by atoms with Gasteiger partial charge in [-0.05, 0) is 50.1 Å². The van der Waals surface area contributed by atoms with Crippen molar-refractivity contribution in [3.63, 3.8) is 0 Å². The maximum absolute atomic E-state index is 11.6. The van der Waals surface area contributed by atoms with Gasteiger partial charge in [0.1, 0.15) is 5.76 Å². The van der Waals surface area contributed by atoms with Crippen molar-refractivity contribution < 1.29 is 9.21 Å². The predicted molar refractivity (Wildman–Crippen MR) is 75.6 cm³/mol. The van der Waals surface area contributed by atoms with Crippen LogP contribution in [-0.2, 0) is 6.54 Å². The number of amides is 1. The second-order valence-electron chi connectivity index (χ2n) is 6.36. The number of rotatable bonds is 5. The van der Waals surface area contributed by atoms with E-state index in [0.29, 0.717) is 17.9 Å². The van der Waals surface area contributed by atoms with Crippen LogP contribution in [0.4, 0.5) is 0 Å². The monoisotopic (exact) mass is 277 g/mol. The molecule has 0 aromatic carbocycles. The van der Waals surface area contributed by atoms with Crippen LogP contribution in [0.15, 0.2) is 16.7 Å². The summed E-state index contributed by atoms with van der Waals surface area (Å²) in [6.07, 6.45) is 7.20. The Bertz CT molecular complexity index is 485. The second-order valence-corrected chi connectivity index (χ2v) is 6.36. The molecule has 3 N–H and O–H groups in total. The Hall–Kier alpha value is -1.33. The van der Waals surface area contributed by atoms with Crippen molar-refractivity contribution in [2.45, 2.75) is 32.2 Å². The van der Waals surface area contributed by atoms with E-state index in [1.54, 1.807) is 12.3 Å². The zero-order valence-electron chi connectivity index (χ0n) is 12.0. The van der Waals surface area contributed by atoms with Gasteiger partial charge >= 0.3 is 0 Å². The third kappa shape index (κ3) is 2.60. The summed E-state index contributed by atoms with van der Waals surface area (Å²) in [7, 11) is 2.10. The SMILES string of the molecule is CN(Cc1occc1C(=O)NN)CC1CC2CCC1C2. The van der Waals surface area contributed by atoms with Gasteiger partial charge in [0.25, 0.3) is 5.91 Å². The van der Waals surface area contributed by atoms with Crippen molar-refractivity contribution >= 4 is 5.91 Å². The van der Waals surface area contributed by atoms with Crippen molar-refractivity contribution in [3.8, 4) is 0 Å². The van der Waals surface area contributed by atoms with Crippen molar-refractivity contribution in [1.82, 2.24) is 10.3 Å². The van der Waals surface area contributed by atoms with Gasteiger partial charge in [0.05, 0.1) is 18.4 Å². The average Bonchev–Trinajstić information content (AvgIpc) is 3.13. The average molecular weight is 277 g/mol. The van der Waals surface area contributed by atoms with E-state index in [1.165, 1.54) is 25.7 Å². The highest BCUT2D eigenvalue weighted by atomic mass is 16.3. The van der Waals surface area contributed by atoms with E-state index in [-0.39, 0.29) is 5.91 Å². The normalized spacial score (nSPS) is 28.2. The number of nitrogens with two attached hydrogens (primary N) is 1. The van der Waals surface area contributed by atoms with Crippen LogP contribution in [-0.4, -0.2) is 24.4 Å². The molecule has 3 rings (SSSR count). The molecule has 2 bridgehead atoms. The lowest BCUT2D eigenvalue weighted by Crippen LogP contribution is -2.32. The summed E-state index contributed by atoms with van der Waals surface area (Å²) in [5.74, 6) is 8.30. The van der Waals surface area contributed by atoms with Gasteiger partial charge < -0.3 is 4.42 Å². The van der Waals surface area contributed by atoms with Crippen molar-refractivity contribution in [2.75, 3.05) is 13.6 Å². The number of hydrazine groups is 1. The van der Waals surface area contributed by atoms with Crippen LogP contribution in [0.5, 0.6) is 0 Å². The quantitative estimate of drug-likeness (QED) is 0.488. The minimum Gasteiger partial charge on any atom is -0.467 e. The van der Waals surface area contributed by atoms with Gasteiger partial charge in [0.15, 0.2) is 0 Å². The van der Waals surface area contributed by atoms with Crippen molar-refractivity contribution in [3.05, 3.63) is 23.7 Å². The lowest BCUT2D eigenvalue weighted by atomic mass is 9.88. The Kier molecular flexibility index (Phi) is 3.81. The topological polar surface area (TPSA) is 71.5 Å². The number of nitrogens with zero attached hydrogens (tertiary/aromatic N) is 1. The molecule has 2 fully saturated rings. The van der Waals surface area contributed by atoms with Crippen LogP contribution in [0.2, 0.25) is 0 Å². The molecule has 0 spiro atoms. The van der Waals surface area contributed by atoms with E-state index >= 15 is 0 Å². The number of carbonyl (C=O) groups is 1. The summed E-state index contributed by atoms with van der Waals surface area (Å²) in [4.78, 5) is 13.9. The summed E-state index contributed by atoms with van der Waals surface area (Å²) in [6.45, 7) is 1.75. The molecule has 1 aromatic rings. The highest BCUT2D eigenvalue weighted by Crippen LogP contribution is 2.48. The van der Waals surface area contributed by atoms with E-state index in [4.69, 9.17) is 10.3 Å². The minimum atomic E-state index is -0.290. The molecule has 3 atom stereocenters. The molecule has 3 unspecified atom stereocenters. The van der Waals surface area contributed by atoms with E-state index < -0.39 is 0 Å². The molecule has 2 saturated carbocycles. The molecular weight excluding hydrogens is 254 g/mol. The Morgan fingerprint density at radius 3 is 3.00 bits per heavy atom. The first kappa shape index (κ1) is 13.6. The number of carbonyl (C=O) groups excluding carboxylic acids is 1. The fraction of sp³-hybridized carbons (Fsp3) is 0.667. The summed E-state index contributed by atoms with van der Waals surface area (Å²) >= 11 is 0. The lowest BCUT2D eigenvalue weighted by Gasteiger charge is -2.26. The first-order valence-electron chi connectivity index (χ1n) is 7.43. The Morgan fingerprint density at radius 1 is 1.50 bits per heavy atom. The largest absolute Gasteiger partial charge is 0.467 e. The van der Waals surface area contributed by atoms with Crippen LogP contribution in [0.1, 0.15) is 41.8 Å². The minimum absolute atomic E-state index is 0.290. The number of furan rings is 1. The fourth-order valence-corrected chi connectivity index (χ4v) is 4.05. The van der Waals surface area contributed by atoms with E-state index in [1.807, 2.05) is 0 Å². The second kappa shape index (κ2) is 5.58. The molecule has 0 radical (unpaired) electrons. The zero-order valence-corrected chi connectivity index (χ0v) is 12.0. The summed E-state index contributed by atoms with van der Waals surface area (Å²) in [5.41, 5.74) is 2.69. The number of fused-ring (bicyclic) bond motifs is 2. The van der Waals surface area contributed by atoms with E-state index in [2.05, 4.69) is 17.4 Å². The van der Waals surface area contributed by atoms with Crippen LogP contribution >= 0.6 is 0 Å². The molecular formula is C15H23N3O2. The van der Waals surface area contributed by atoms with E-state index in [9.17, 15) is 4.79 Å². The smallest absolute Gasteiger partial charge is 0.268 e. The number of hydrogen-bond acceptors (Lipinski definition) is 4. The summed E-state index contributed by atoms with van der Waals surface area (Å²) in [5, 5.41) is 0. The third-order valence-corrected chi connectivity index (χ3v) is 4.97. The lowest BCUT2D eigenvalue weighted by molar-refractivity contribution is 0.0949. The number of nitrogen functional groups attached to an aromatic ring is 1. The first-order chi connectivity index (χ1) is 9.67. The van der Waals surface area contributed by atoms with Gasteiger partial charge in [-0.2, -0.15) is 0 Å². The summed E-state index contributed by atoms with van der Waals surface area (Å²) in [6, 6.07) is 1.67. The maximum Gasteiger partial charge on any atom is 0.268 e. The van der Waals surface area contributed by atoms with Crippen molar-refractivity contribution in [1.29, 1.82) is 0 Å². The first-order valence-corrected chi connectivity index (χ1v) is 7.43. The molecule has 1 heterocycles. The molecule has 1 aromatic heterocycles. The Morgan fingerprint density at radius 2 is 2.35 bits per heavy atom. The molecule has 2 aliphatic carbocycles. The van der Waals surface area contributed by atoms with Crippen LogP contribution < -0.4 is 11.3 Å². The van der Waals surface area contributed by atoms with Gasteiger partial charge in [0, 0.05) is 6.54 Å². The standard InChI is InChI=1S/C15H23N3O2/c1-18(8-12-7-10-2-3-11(12)6-10)9-14-13(4-5-20-14)15(19)17-16/h4-5,10-12H,2-3,6-9,16H2,1H3,(H,17,19). The van der Waals surface area contributed by atoms with Gasteiger partial charge in [0.2, 0.25) is 0 Å². The van der Waals surface area contributed by atoms with Crippen molar-refractivity contribution in [2.24, 2.45) is 23.6 Å². The van der Waals surface area contributed by atoms with E-state index in [0.717, 1.165) is 24.3 Å². The Labute approximate surface area is 119 Å². The third-order valence-electron chi connectivity index (χ3n) is 4.97. The summed E-state index contributed by atoms with van der Waals surface area (Å²) < 4.78 is 5.43. The molecule has 0 aliphatic heterocycles. The van der Waals surface area contributed by atoms with Gasteiger partial charge in [-0.15, -0.1) is 0 Å². The molecule has 0 saturated heterocycles. The highest BCUT2D eigenvalue weighted by Gasteiger charge is 2.39. The van der Waals surface area contributed by atoms with Gasteiger partial charge in [-0.1, -0.05) is 6.42 Å². The fourth-order valence-electron chi connectivity index (χ4n) is 4.05. The zero-order chi connectivity index (χ0) is 14.1. The molecule has 1 amide bonds. The number of hydrogen-bond donors (Lipinski definition) is 2. The number of nitrogens with one attached hydrogen (secondary N) is 1. The van der Waals surface area contributed by atoms with Gasteiger partial charge in [-0.25, -0.2) is 5.84 Å².